The highest BCUT2D eigenvalue weighted by Gasteiger charge is 2.45. The van der Waals surface area contributed by atoms with Gasteiger partial charge < -0.3 is 25.8 Å². The third-order valence-corrected chi connectivity index (χ3v) is 6.86. The van der Waals surface area contributed by atoms with Crippen molar-refractivity contribution in [2.24, 2.45) is 11.1 Å². The summed E-state index contributed by atoms with van der Waals surface area (Å²) >= 11 is 1.57. The van der Waals surface area contributed by atoms with Gasteiger partial charge in [-0.05, 0) is 25.0 Å². The fourth-order valence-electron chi connectivity index (χ4n) is 4.07. The van der Waals surface area contributed by atoms with Crippen LogP contribution < -0.4 is 11.1 Å². The summed E-state index contributed by atoms with van der Waals surface area (Å²) in [6, 6.07) is 6.67. The number of β-amino-alcohol motifs (C(OH)–C–C–N with tert-alkyl or cyclic N) is 1. The lowest BCUT2D eigenvalue weighted by Crippen LogP contribution is -2.53. The second kappa shape index (κ2) is 10.1. The first-order valence-corrected chi connectivity index (χ1v) is 12.0. The van der Waals surface area contributed by atoms with Gasteiger partial charge in [0.25, 0.3) is 5.91 Å². The molecule has 1 aromatic heterocycles. The molecule has 1 saturated heterocycles. The maximum Gasteiger partial charge on any atom is 0.405 e. The molecule has 2 aromatic rings. The van der Waals surface area contributed by atoms with Gasteiger partial charge in [0, 0.05) is 18.4 Å². The van der Waals surface area contributed by atoms with Crippen molar-refractivity contribution in [1.82, 2.24) is 15.2 Å². The number of aliphatic hydroxyl groups excluding tert-OH is 1. The smallest absolute Gasteiger partial charge is 0.405 e. The number of amides is 3. The Hall–Kier alpha value is -2.98. The molecule has 0 radical (unpaired) electrons. The van der Waals surface area contributed by atoms with Crippen LogP contribution in [-0.4, -0.2) is 57.7 Å². The molecule has 34 heavy (non-hydrogen) atoms. The number of benzene rings is 1. The number of aliphatic hydroxyl groups is 1. The van der Waals surface area contributed by atoms with E-state index >= 15 is 0 Å². The number of likely N-dealkylation sites (tertiary alicyclic amines) is 1. The van der Waals surface area contributed by atoms with E-state index in [9.17, 15) is 19.5 Å². The molecule has 0 spiro atoms. The standard InChI is InChI=1S/C24H32N4O5S/c1-13(15-6-8-16(9-7-15)19-14(2)26-12-34-19)27-21(30)18-10-17(29)11-28(18)22(31)20(24(3,4)5)33-23(25)32/h6-9,12-13,17-18,20,29H,10-11H2,1-5H3,(H2,25,32)(H,27,30)/t13-,17-,18-,20+/m0/s1. The molecule has 4 atom stereocenters. The minimum Gasteiger partial charge on any atom is -0.436 e. The van der Waals surface area contributed by atoms with E-state index in [1.807, 2.05) is 43.6 Å². The summed E-state index contributed by atoms with van der Waals surface area (Å²) < 4.78 is 5.08. The number of hydrogen-bond acceptors (Lipinski definition) is 7. The second-order valence-corrected chi connectivity index (χ2v) is 10.6. The summed E-state index contributed by atoms with van der Waals surface area (Å²) in [5.74, 6) is -0.938. The van der Waals surface area contributed by atoms with Crippen LogP contribution in [0.3, 0.4) is 0 Å². The normalized spacial score (nSPS) is 20.0. The number of nitrogens with one attached hydrogen (secondary N) is 1. The van der Waals surface area contributed by atoms with Crippen LogP contribution in [0.1, 0.15) is 51.4 Å². The van der Waals surface area contributed by atoms with E-state index in [-0.39, 0.29) is 24.9 Å². The number of primary amides is 1. The predicted octanol–water partition coefficient (Wildman–Crippen LogP) is 2.77. The zero-order valence-electron chi connectivity index (χ0n) is 20.1. The van der Waals surface area contributed by atoms with Gasteiger partial charge in [0.2, 0.25) is 5.91 Å². The summed E-state index contributed by atoms with van der Waals surface area (Å²) in [4.78, 5) is 44.4. The van der Waals surface area contributed by atoms with Gasteiger partial charge in [-0.1, -0.05) is 45.0 Å². The summed E-state index contributed by atoms with van der Waals surface area (Å²) in [6.07, 6.45) is -3.00. The third kappa shape index (κ3) is 5.74. The van der Waals surface area contributed by atoms with Crippen molar-refractivity contribution >= 4 is 29.2 Å². The van der Waals surface area contributed by atoms with Gasteiger partial charge in [0.05, 0.1) is 28.2 Å². The van der Waals surface area contributed by atoms with Gasteiger partial charge in [-0.15, -0.1) is 11.3 Å². The van der Waals surface area contributed by atoms with E-state index in [0.29, 0.717) is 0 Å². The first-order valence-electron chi connectivity index (χ1n) is 11.1. The number of rotatable bonds is 6. The van der Waals surface area contributed by atoms with Crippen molar-refractivity contribution in [1.29, 1.82) is 0 Å². The molecule has 0 aliphatic carbocycles. The first-order chi connectivity index (χ1) is 15.9. The number of nitrogens with zero attached hydrogens (tertiary/aromatic N) is 2. The Kier molecular flexibility index (Phi) is 7.62. The van der Waals surface area contributed by atoms with Crippen LogP contribution in [0, 0.1) is 12.3 Å². The van der Waals surface area contributed by atoms with Crippen LogP contribution in [0.5, 0.6) is 0 Å². The number of aryl methyl sites for hydroxylation is 1. The second-order valence-electron chi connectivity index (χ2n) is 9.70. The number of carbonyl (C=O) groups excluding carboxylic acids is 3. The fraction of sp³-hybridized carbons (Fsp3) is 0.500. The van der Waals surface area contributed by atoms with Crippen LogP contribution >= 0.6 is 11.3 Å². The van der Waals surface area contributed by atoms with Gasteiger partial charge in [0.15, 0.2) is 6.10 Å². The SMILES string of the molecule is Cc1ncsc1-c1ccc([C@H](C)NC(=O)[C@@H]2C[C@H](O)CN2C(=O)[C@@H](OC(N)=O)C(C)(C)C)cc1. The maximum atomic E-state index is 13.2. The Bertz CT molecular complexity index is 1050. The van der Waals surface area contributed by atoms with E-state index in [1.54, 1.807) is 32.1 Å². The molecule has 0 bridgehead atoms. The van der Waals surface area contributed by atoms with Gasteiger partial charge in [-0.2, -0.15) is 0 Å². The average molecular weight is 489 g/mol. The van der Waals surface area contributed by atoms with Crippen molar-refractivity contribution in [2.75, 3.05) is 6.54 Å². The lowest BCUT2D eigenvalue weighted by atomic mass is 9.88. The molecule has 10 heteroatoms. The van der Waals surface area contributed by atoms with Gasteiger partial charge >= 0.3 is 6.09 Å². The molecule has 1 aromatic carbocycles. The lowest BCUT2D eigenvalue weighted by molar-refractivity contribution is -0.150. The summed E-state index contributed by atoms with van der Waals surface area (Å²) in [7, 11) is 0. The minimum absolute atomic E-state index is 0.0249. The number of aromatic nitrogens is 1. The maximum absolute atomic E-state index is 13.2. The van der Waals surface area contributed by atoms with Crippen LogP contribution in [0.2, 0.25) is 0 Å². The van der Waals surface area contributed by atoms with Crippen LogP contribution in [0.15, 0.2) is 29.8 Å². The summed E-state index contributed by atoms with van der Waals surface area (Å²) in [5.41, 5.74) is 9.16. The molecular formula is C24H32N4O5S. The Balaban J connectivity index is 1.72. The van der Waals surface area contributed by atoms with Crippen molar-refractivity contribution in [3.8, 4) is 10.4 Å². The van der Waals surface area contributed by atoms with Gasteiger partial charge in [-0.3, -0.25) is 9.59 Å². The monoisotopic (exact) mass is 488 g/mol. The van der Waals surface area contributed by atoms with Crippen molar-refractivity contribution in [2.45, 2.75) is 65.3 Å². The Labute approximate surface area is 203 Å². The number of carbonyl (C=O) groups is 3. The molecule has 1 fully saturated rings. The van der Waals surface area contributed by atoms with E-state index in [0.717, 1.165) is 21.7 Å². The van der Waals surface area contributed by atoms with Crippen LogP contribution in [-0.2, 0) is 14.3 Å². The van der Waals surface area contributed by atoms with Gasteiger partial charge in [0.1, 0.15) is 6.04 Å². The predicted molar refractivity (Wildman–Crippen MR) is 129 cm³/mol. The molecule has 0 saturated carbocycles. The minimum atomic E-state index is -1.18. The molecule has 184 valence electrons. The highest BCUT2D eigenvalue weighted by atomic mass is 32.1. The quantitative estimate of drug-likeness (QED) is 0.572. The highest BCUT2D eigenvalue weighted by Crippen LogP contribution is 2.30. The summed E-state index contributed by atoms with van der Waals surface area (Å²) in [6.45, 7) is 9.00. The molecule has 9 nitrogen and oxygen atoms in total. The number of hydrogen-bond donors (Lipinski definition) is 3. The van der Waals surface area contributed by atoms with Gasteiger partial charge in [-0.25, -0.2) is 9.78 Å². The average Bonchev–Trinajstić information content (AvgIpc) is 3.36. The van der Waals surface area contributed by atoms with Crippen LogP contribution in [0.25, 0.3) is 10.4 Å². The Morgan fingerprint density at radius 1 is 1.26 bits per heavy atom. The molecule has 4 N–H and O–H groups in total. The zero-order chi connectivity index (χ0) is 25.2. The molecule has 1 aliphatic heterocycles. The number of ether oxygens (including phenoxy) is 1. The zero-order valence-corrected chi connectivity index (χ0v) is 20.9. The van der Waals surface area contributed by atoms with Crippen LogP contribution in [0.4, 0.5) is 4.79 Å². The fourth-order valence-corrected chi connectivity index (χ4v) is 4.88. The summed E-state index contributed by atoms with van der Waals surface area (Å²) in [5, 5.41) is 13.2. The largest absolute Gasteiger partial charge is 0.436 e. The van der Waals surface area contributed by atoms with E-state index in [4.69, 9.17) is 10.5 Å². The molecule has 1 aliphatic rings. The van der Waals surface area contributed by atoms with E-state index in [1.165, 1.54) is 4.90 Å². The van der Waals surface area contributed by atoms with Crippen molar-refractivity contribution in [3.05, 3.63) is 41.0 Å². The lowest BCUT2D eigenvalue weighted by Gasteiger charge is -2.34. The molecule has 2 heterocycles. The number of nitrogens with two attached hydrogens (primary N) is 1. The topological polar surface area (TPSA) is 135 Å². The highest BCUT2D eigenvalue weighted by molar-refractivity contribution is 7.13. The Morgan fingerprint density at radius 3 is 2.44 bits per heavy atom. The van der Waals surface area contributed by atoms with Crippen molar-refractivity contribution in [3.63, 3.8) is 0 Å². The van der Waals surface area contributed by atoms with E-state index in [2.05, 4.69) is 10.3 Å². The molecule has 3 rings (SSSR count). The number of thiazole rings is 1. The Morgan fingerprint density at radius 2 is 1.91 bits per heavy atom. The third-order valence-electron chi connectivity index (χ3n) is 5.89. The molecule has 3 amide bonds. The van der Waals surface area contributed by atoms with E-state index < -0.39 is 35.7 Å². The molecular weight excluding hydrogens is 456 g/mol. The van der Waals surface area contributed by atoms with Crippen molar-refractivity contribution < 1.29 is 24.2 Å². The first kappa shape index (κ1) is 25.6. The molecule has 0 unspecified atom stereocenters.